The first-order valence-electron chi connectivity index (χ1n) is 6.84. The van der Waals surface area contributed by atoms with Crippen LogP contribution in [0.4, 0.5) is 0 Å². The lowest BCUT2D eigenvalue weighted by molar-refractivity contribution is -0.127. The van der Waals surface area contributed by atoms with Gasteiger partial charge in [-0.05, 0) is 30.3 Å². The molecule has 2 aromatic rings. The molecule has 0 fully saturated rings. The molecule has 2 N–H and O–H groups in total. The van der Waals surface area contributed by atoms with Crippen molar-refractivity contribution in [2.24, 2.45) is 0 Å². The zero-order valence-electron chi connectivity index (χ0n) is 12.5. The molecule has 1 heterocycles. The lowest BCUT2D eigenvalue weighted by atomic mass is 10.2. The average molecular weight is 316 g/mol. The molecule has 8 heteroatoms. The number of hydrogen-bond donors (Lipinski definition) is 2. The number of ether oxygens (including phenoxy) is 1. The van der Waals surface area contributed by atoms with E-state index in [1.165, 1.54) is 7.05 Å². The van der Waals surface area contributed by atoms with E-state index in [0.717, 1.165) is 5.69 Å². The van der Waals surface area contributed by atoms with Gasteiger partial charge in [0.1, 0.15) is 0 Å². The number of nitrogens with zero attached hydrogens (tertiary/aromatic N) is 2. The molecule has 0 saturated carbocycles. The highest BCUT2D eigenvalue weighted by Crippen LogP contribution is 2.09. The van der Waals surface area contributed by atoms with Crippen molar-refractivity contribution in [2.45, 2.75) is 0 Å². The van der Waals surface area contributed by atoms with Gasteiger partial charge < -0.3 is 15.4 Å². The first kappa shape index (κ1) is 16.2. The summed E-state index contributed by atoms with van der Waals surface area (Å²) in [7, 11) is 1.46. The number of likely N-dealkylation sites (N-methyl/N-ethyl adjacent to an activating group) is 1. The molecule has 120 valence electrons. The SMILES string of the molecule is CNC(=O)CNC(=O)COC(=O)c1ccc(-n2cccn2)cc1. The number of amides is 2. The highest BCUT2D eigenvalue weighted by atomic mass is 16.5. The van der Waals surface area contributed by atoms with E-state index in [2.05, 4.69) is 15.7 Å². The number of benzene rings is 1. The van der Waals surface area contributed by atoms with Crippen molar-refractivity contribution in [1.29, 1.82) is 0 Å². The van der Waals surface area contributed by atoms with Gasteiger partial charge >= 0.3 is 5.97 Å². The summed E-state index contributed by atoms with van der Waals surface area (Å²) in [5.41, 5.74) is 1.12. The third-order valence-electron chi connectivity index (χ3n) is 2.93. The van der Waals surface area contributed by atoms with Gasteiger partial charge in [-0.25, -0.2) is 9.48 Å². The molecule has 0 bridgehead atoms. The molecule has 0 atom stereocenters. The Morgan fingerprint density at radius 3 is 2.52 bits per heavy atom. The Morgan fingerprint density at radius 1 is 1.17 bits per heavy atom. The van der Waals surface area contributed by atoms with Crippen LogP contribution in [0, 0.1) is 0 Å². The molecule has 0 aliphatic rings. The zero-order valence-corrected chi connectivity index (χ0v) is 12.5. The topological polar surface area (TPSA) is 102 Å². The Hall–Kier alpha value is -3.16. The quantitative estimate of drug-likeness (QED) is 0.724. The highest BCUT2D eigenvalue weighted by molar-refractivity contribution is 5.92. The van der Waals surface area contributed by atoms with Crippen molar-refractivity contribution in [3.8, 4) is 5.69 Å². The van der Waals surface area contributed by atoms with Crippen LogP contribution in [0.5, 0.6) is 0 Å². The molecule has 0 radical (unpaired) electrons. The molecule has 2 amide bonds. The maximum absolute atomic E-state index is 11.8. The second-order valence-electron chi connectivity index (χ2n) is 4.52. The molecule has 1 aromatic heterocycles. The summed E-state index contributed by atoms with van der Waals surface area (Å²) in [5.74, 6) is -1.50. The maximum Gasteiger partial charge on any atom is 0.338 e. The largest absolute Gasteiger partial charge is 0.452 e. The molecule has 1 aromatic carbocycles. The van der Waals surface area contributed by atoms with Crippen LogP contribution in [0.25, 0.3) is 5.69 Å². The number of hydrogen-bond acceptors (Lipinski definition) is 5. The van der Waals surface area contributed by atoms with Crippen molar-refractivity contribution in [3.05, 3.63) is 48.3 Å². The molecular weight excluding hydrogens is 300 g/mol. The fourth-order valence-electron chi connectivity index (χ4n) is 1.70. The van der Waals surface area contributed by atoms with E-state index in [4.69, 9.17) is 4.74 Å². The van der Waals surface area contributed by atoms with Crippen molar-refractivity contribution in [1.82, 2.24) is 20.4 Å². The summed E-state index contributed by atoms with van der Waals surface area (Å²) in [6, 6.07) is 8.40. The van der Waals surface area contributed by atoms with Crippen LogP contribution < -0.4 is 10.6 Å². The van der Waals surface area contributed by atoms with Gasteiger partial charge in [-0.1, -0.05) is 0 Å². The predicted molar refractivity (Wildman–Crippen MR) is 80.9 cm³/mol. The summed E-state index contributed by atoms with van der Waals surface area (Å²) < 4.78 is 6.54. The highest BCUT2D eigenvalue weighted by Gasteiger charge is 2.11. The minimum absolute atomic E-state index is 0.161. The summed E-state index contributed by atoms with van der Waals surface area (Å²) in [6.07, 6.45) is 3.43. The number of nitrogens with one attached hydrogen (secondary N) is 2. The molecular formula is C15H16N4O4. The molecule has 0 unspecified atom stereocenters. The van der Waals surface area contributed by atoms with Gasteiger partial charge in [-0.2, -0.15) is 5.10 Å². The lowest BCUT2D eigenvalue weighted by Crippen LogP contribution is -2.37. The number of carbonyl (C=O) groups is 3. The van der Waals surface area contributed by atoms with E-state index in [-0.39, 0.29) is 12.5 Å². The van der Waals surface area contributed by atoms with E-state index < -0.39 is 18.5 Å². The van der Waals surface area contributed by atoms with Crippen LogP contribution in [-0.4, -0.2) is 47.8 Å². The molecule has 23 heavy (non-hydrogen) atoms. The Labute approximate surface area is 132 Å². The van der Waals surface area contributed by atoms with Crippen LogP contribution >= 0.6 is 0 Å². The molecule has 0 saturated heterocycles. The minimum Gasteiger partial charge on any atom is -0.452 e. The van der Waals surface area contributed by atoms with Gasteiger partial charge in [0.2, 0.25) is 5.91 Å². The van der Waals surface area contributed by atoms with Crippen molar-refractivity contribution in [2.75, 3.05) is 20.2 Å². The lowest BCUT2D eigenvalue weighted by Gasteiger charge is -2.07. The third-order valence-corrected chi connectivity index (χ3v) is 2.93. The van der Waals surface area contributed by atoms with Crippen LogP contribution in [0.15, 0.2) is 42.7 Å². The summed E-state index contributed by atoms with van der Waals surface area (Å²) >= 11 is 0. The van der Waals surface area contributed by atoms with Crippen molar-refractivity contribution in [3.63, 3.8) is 0 Å². The van der Waals surface area contributed by atoms with Crippen LogP contribution in [0.1, 0.15) is 10.4 Å². The predicted octanol–water partition coefficient (Wildman–Crippen LogP) is -0.109. The van der Waals surface area contributed by atoms with Crippen LogP contribution in [0.2, 0.25) is 0 Å². The maximum atomic E-state index is 11.8. The van der Waals surface area contributed by atoms with Gasteiger partial charge in [0.05, 0.1) is 17.8 Å². The van der Waals surface area contributed by atoms with Gasteiger partial charge in [-0.15, -0.1) is 0 Å². The van der Waals surface area contributed by atoms with Gasteiger partial charge in [-0.3, -0.25) is 9.59 Å². The van der Waals surface area contributed by atoms with Gasteiger partial charge in [0.25, 0.3) is 5.91 Å². The van der Waals surface area contributed by atoms with Crippen LogP contribution in [0.3, 0.4) is 0 Å². The standard InChI is InChI=1S/C15H16N4O4/c1-16-13(20)9-17-14(21)10-23-15(22)11-3-5-12(6-4-11)19-8-2-7-18-19/h2-8H,9-10H2,1H3,(H,16,20)(H,17,21). The van der Waals surface area contributed by atoms with E-state index >= 15 is 0 Å². The Bertz CT molecular complexity index is 680. The summed E-state index contributed by atoms with van der Waals surface area (Å²) in [4.78, 5) is 34.2. The van der Waals surface area contributed by atoms with E-state index in [1.54, 1.807) is 47.4 Å². The Morgan fingerprint density at radius 2 is 1.91 bits per heavy atom. The minimum atomic E-state index is -0.618. The molecule has 0 spiro atoms. The molecule has 0 aliphatic heterocycles. The Balaban J connectivity index is 1.84. The first-order valence-corrected chi connectivity index (χ1v) is 6.84. The molecule has 0 aliphatic carbocycles. The number of esters is 1. The number of rotatable bonds is 6. The normalized spacial score (nSPS) is 9.96. The third kappa shape index (κ3) is 4.67. The number of aromatic nitrogens is 2. The smallest absolute Gasteiger partial charge is 0.338 e. The van der Waals surface area contributed by atoms with Crippen LogP contribution in [-0.2, 0) is 14.3 Å². The first-order chi connectivity index (χ1) is 11.1. The monoisotopic (exact) mass is 316 g/mol. The fraction of sp³-hybridized carbons (Fsp3) is 0.200. The Kier molecular flexibility index (Phi) is 5.45. The van der Waals surface area contributed by atoms with Gasteiger partial charge in [0, 0.05) is 19.4 Å². The van der Waals surface area contributed by atoms with Gasteiger partial charge in [0.15, 0.2) is 6.61 Å². The van der Waals surface area contributed by atoms with E-state index in [1.807, 2.05) is 0 Å². The molecule has 2 rings (SSSR count). The van der Waals surface area contributed by atoms with E-state index in [0.29, 0.717) is 5.56 Å². The summed E-state index contributed by atoms with van der Waals surface area (Å²) in [5, 5.41) is 8.76. The number of carbonyl (C=O) groups excluding carboxylic acids is 3. The van der Waals surface area contributed by atoms with E-state index in [9.17, 15) is 14.4 Å². The fourth-order valence-corrected chi connectivity index (χ4v) is 1.70. The zero-order chi connectivity index (χ0) is 16.7. The second-order valence-corrected chi connectivity index (χ2v) is 4.52. The summed E-state index contributed by atoms with van der Waals surface area (Å²) in [6.45, 7) is -0.609. The van der Waals surface area contributed by atoms with Crippen molar-refractivity contribution < 1.29 is 19.1 Å². The second kappa shape index (κ2) is 7.74. The molecule has 8 nitrogen and oxygen atoms in total. The average Bonchev–Trinajstić information content (AvgIpc) is 3.12. The van der Waals surface area contributed by atoms with Crippen molar-refractivity contribution >= 4 is 17.8 Å².